The predicted octanol–water partition coefficient (Wildman–Crippen LogP) is 3.10. The lowest BCUT2D eigenvalue weighted by Gasteiger charge is -2.19. The minimum Gasteiger partial charge on any atom is -0.478 e. The standard InChI is InChI=1S/C16H13N3O2/c1-19(13-8-6-11(7-9-13)16(20)21)15-14-5-3-2-4-12(14)10-17-18-15/h2-10H,1H3,(H,20,21). The largest absolute Gasteiger partial charge is 0.478 e. The Morgan fingerprint density at radius 2 is 1.81 bits per heavy atom. The number of carboxylic acids is 1. The predicted molar refractivity (Wildman–Crippen MR) is 81.0 cm³/mol. The van der Waals surface area contributed by atoms with Crippen molar-refractivity contribution in [2.75, 3.05) is 11.9 Å². The number of aromatic carboxylic acids is 1. The molecule has 0 atom stereocenters. The van der Waals surface area contributed by atoms with E-state index in [0.717, 1.165) is 22.3 Å². The summed E-state index contributed by atoms with van der Waals surface area (Å²) in [5.41, 5.74) is 1.11. The number of fused-ring (bicyclic) bond motifs is 1. The first-order valence-corrected chi connectivity index (χ1v) is 6.44. The molecule has 0 aliphatic heterocycles. The highest BCUT2D eigenvalue weighted by Crippen LogP contribution is 2.28. The number of carboxylic acid groups (broad SMARTS) is 1. The smallest absolute Gasteiger partial charge is 0.335 e. The Labute approximate surface area is 121 Å². The molecule has 0 aliphatic rings. The fourth-order valence-corrected chi connectivity index (χ4v) is 2.21. The molecule has 0 radical (unpaired) electrons. The highest BCUT2D eigenvalue weighted by molar-refractivity contribution is 5.93. The summed E-state index contributed by atoms with van der Waals surface area (Å²) in [5.74, 6) is -0.203. The van der Waals surface area contributed by atoms with Gasteiger partial charge in [-0.25, -0.2) is 4.79 Å². The van der Waals surface area contributed by atoms with E-state index >= 15 is 0 Å². The maximum Gasteiger partial charge on any atom is 0.335 e. The molecule has 5 heteroatoms. The van der Waals surface area contributed by atoms with Gasteiger partial charge in [-0.15, -0.1) is 5.10 Å². The van der Waals surface area contributed by atoms with Gasteiger partial charge in [0, 0.05) is 23.5 Å². The number of nitrogens with zero attached hydrogens (tertiary/aromatic N) is 3. The van der Waals surface area contributed by atoms with Crippen LogP contribution < -0.4 is 4.90 Å². The van der Waals surface area contributed by atoms with Crippen LogP contribution in [0.25, 0.3) is 10.8 Å². The molecule has 3 aromatic rings. The summed E-state index contributed by atoms with van der Waals surface area (Å²) >= 11 is 0. The minimum absolute atomic E-state index is 0.260. The van der Waals surface area contributed by atoms with Crippen LogP contribution in [-0.2, 0) is 0 Å². The molecule has 3 rings (SSSR count). The van der Waals surface area contributed by atoms with E-state index in [0.29, 0.717) is 0 Å². The summed E-state index contributed by atoms with van der Waals surface area (Å²) in [7, 11) is 1.88. The first-order valence-electron chi connectivity index (χ1n) is 6.44. The summed E-state index contributed by atoms with van der Waals surface area (Å²) in [4.78, 5) is 12.8. The Morgan fingerprint density at radius 1 is 1.10 bits per heavy atom. The second-order valence-electron chi connectivity index (χ2n) is 4.67. The Balaban J connectivity index is 2.04. The van der Waals surface area contributed by atoms with Gasteiger partial charge >= 0.3 is 5.97 Å². The van der Waals surface area contributed by atoms with Gasteiger partial charge in [-0.2, -0.15) is 5.10 Å². The Morgan fingerprint density at radius 3 is 2.52 bits per heavy atom. The Hall–Kier alpha value is -2.95. The fourth-order valence-electron chi connectivity index (χ4n) is 2.21. The van der Waals surface area contributed by atoms with Gasteiger partial charge in [0.25, 0.3) is 0 Å². The summed E-state index contributed by atoms with van der Waals surface area (Å²) in [6.07, 6.45) is 1.72. The molecule has 0 aliphatic carbocycles. The average molecular weight is 279 g/mol. The summed E-state index contributed by atoms with van der Waals surface area (Å²) in [6, 6.07) is 14.5. The van der Waals surface area contributed by atoms with Gasteiger partial charge in [-0.05, 0) is 24.3 Å². The first kappa shape index (κ1) is 13.1. The molecule has 1 aromatic heterocycles. The summed E-state index contributed by atoms with van der Waals surface area (Å²) in [6.45, 7) is 0. The number of hydrogen-bond acceptors (Lipinski definition) is 4. The molecule has 5 nitrogen and oxygen atoms in total. The molecule has 0 bridgehead atoms. The average Bonchev–Trinajstić information content (AvgIpc) is 2.53. The van der Waals surface area contributed by atoms with Gasteiger partial charge in [-0.3, -0.25) is 0 Å². The van der Waals surface area contributed by atoms with Crippen molar-refractivity contribution in [1.82, 2.24) is 10.2 Å². The molecule has 0 unspecified atom stereocenters. The van der Waals surface area contributed by atoms with Crippen LogP contribution in [0, 0.1) is 0 Å². The van der Waals surface area contributed by atoms with Gasteiger partial charge < -0.3 is 10.0 Å². The zero-order valence-electron chi connectivity index (χ0n) is 11.4. The first-order chi connectivity index (χ1) is 10.2. The molecule has 0 fully saturated rings. The van der Waals surface area contributed by atoms with Gasteiger partial charge in [0.05, 0.1) is 11.8 Å². The third-order valence-electron chi connectivity index (χ3n) is 3.37. The lowest BCUT2D eigenvalue weighted by molar-refractivity contribution is 0.0697. The van der Waals surface area contributed by atoms with Crippen molar-refractivity contribution in [1.29, 1.82) is 0 Å². The molecule has 1 heterocycles. The van der Waals surface area contributed by atoms with E-state index in [9.17, 15) is 4.79 Å². The molecule has 104 valence electrons. The fraction of sp³-hybridized carbons (Fsp3) is 0.0625. The van der Waals surface area contributed by atoms with E-state index in [1.54, 1.807) is 30.5 Å². The Kier molecular flexibility index (Phi) is 3.23. The van der Waals surface area contributed by atoms with E-state index in [1.807, 2.05) is 36.2 Å². The zero-order valence-corrected chi connectivity index (χ0v) is 11.4. The number of benzene rings is 2. The molecule has 2 aromatic carbocycles. The molecule has 0 amide bonds. The van der Waals surface area contributed by atoms with Crippen LogP contribution in [0.4, 0.5) is 11.5 Å². The van der Waals surface area contributed by atoms with Crippen LogP contribution in [0.2, 0.25) is 0 Å². The summed E-state index contributed by atoms with van der Waals surface area (Å²) in [5, 5.41) is 19.2. The van der Waals surface area contributed by atoms with Crippen LogP contribution in [0.5, 0.6) is 0 Å². The quantitative estimate of drug-likeness (QED) is 0.798. The molecule has 0 spiro atoms. The third kappa shape index (κ3) is 2.41. The van der Waals surface area contributed by atoms with E-state index in [4.69, 9.17) is 5.11 Å². The number of carbonyl (C=O) groups is 1. The van der Waals surface area contributed by atoms with Crippen molar-refractivity contribution in [3.8, 4) is 0 Å². The highest BCUT2D eigenvalue weighted by Gasteiger charge is 2.11. The maximum absolute atomic E-state index is 10.9. The number of rotatable bonds is 3. The van der Waals surface area contributed by atoms with E-state index in [1.165, 1.54) is 0 Å². The minimum atomic E-state index is -0.936. The van der Waals surface area contributed by atoms with Crippen molar-refractivity contribution in [3.63, 3.8) is 0 Å². The van der Waals surface area contributed by atoms with Gasteiger partial charge in [-0.1, -0.05) is 24.3 Å². The van der Waals surface area contributed by atoms with Crippen molar-refractivity contribution in [2.45, 2.75) is 0 Å². The molecular formula is C16H13N3O2. The van der Waals surface area contributed by atoms with Gasteiger partial charge in [0.15, 0.2) is 5.82 Å². The van der Waals surface area contributed by atoms with Crippen molar-refractivity contribution in [3.05, 3.63) is 60.3 Å². The second-order valence-corrected chi connectivity index (χ2v) is 4.67. The van der Waals surface area contributed by atoms with Crippen LogP contribution in [0.15, 0.2) is 54.7 Å². The van der Waals surface area contributed by atoms with Crippen molar-refractivity contribution >= 4 is 28.2 Å². The van der Waals surface area contributed by atoms with Crippen LogP contribution in [-0.4, -0.2) is 28.3 Å². The Bertz CT molecular complexity index is 795. The SMILES string of the molecule is CN(c1ccc(C(=O)O)cc1)c1nncc2ccccc12. The van der Waals surface area contributed by atoms with Crippen molar-refractivity contribution in [2.24, 2.45) is 0 Å². The number of anilines is 2. The monoisotopic (exact) mass is 279 g/mol. The maximum atomic E-state index is 10.9. The lowest BCUT2D eigenvalue weighted by atomic mass is 10.1. The molecule has 0 saturated carbocycles. The third-order valence-corrected chi connectivity index (χ3v) is 3.37. The number of hydrogen-bond donors (Lipinski definition) is 1. The highest BCUT2D eigenvalue weighted by atomic mass is 16.4. The molecule has 21 heavy (non-hydrogen) atoms. The molecular weight excluding hydrogens is 266 g/mol. The molecule has 1 N–H and O–H groups in total. The second kappa shape index (κ2) is 5.20. The van der Waals surface area contributed by atoms with E-state index in [-0.39, 0.29) is 5.56 Å². The molecule has 0 saturated heterocycles. The van der Waals surface area contributed by atoms with Crippen LogP contribution in [0.1, 0.15) is 10.4 Å². The van der Waals surface area contributed by atoms with Gasteiger partial charge in [0.2, 0.25) is 0 Å². The van der Waals surface area contributed by atoms with E-state index < -0.39 is 5.97 Å². The van der Waals surface area contributed by atoms with Crippen molar-refractivity contribution < 1.29 is 9.90 Å². The zero-order chi connectivity index (χ0) is 14.8. The number of aromatic nitrogens is 2. The lowest BCUT2D eigenvalue weighted by Crippen LogP contribution is -2.12. The summed E-state index contributed by atoms with van der Waals surface area (Å²) < 4.78 is 0. The van der Waals surface area contributed by atoms with Gasteiger partial charge in [0.1, 0.15) is 0 Å². The topological polar surface area (TPSA) is 66.3 Å². The van der Waals surface area contributed by atoms with Crippen LogP contribution in [0.3, 0.4) is 0 Å². The van der Waals surface area contributed by atoms with Crippen LogP contribution >= 0.6 is 0 Å². The van der Waals surface area contributed by atoms with E-state index in [2.05, 4.69) is 10.2 Å². The normalized spacial score (nSPS) is 10.5.